The summed E-state index contributed by atoms with van der Waals surface area (Å²) < 4.78 is 0. The van der Waals surface area contributed by atoms with Crippen LogP contribution in [0.25, 0.3) is 0 Å². The minimum absolute atomic E-state index is 0.0466. The SMILES string of the molecule is CCC(C)[C@H]1C=CC(=O)N1. The highest BCUT2D eigenvalue weighted by atomic mass is 16.1. The number of nitrogens with one attached hydrogen (secondary N) is 1. The van der Waals surface area contributed by atoms with Crippen molar-refractivity contribution in [3.8, 4) is 0 Å². The van der Waals surface area contributed by atoms with Crippen molar-refractivity contribution in [2.75, 3.05) is 0 Å². The zero-order valence-corrected chi connectivity index (χ0v) is 6.42. The molecule has 0 saturated heterocycles. The lowest BCUT2D eigenvalue weighted by Gasteiger charge is -2.15. The van der Waals surface area contributed by atoms with Gasteiger partial charge in [-0.2, -0.15) is 0 Å². The van der Waals surface area contributed by atoms with Crippen LogP contribution in [0.2, 0.25) is 0 Å². The highest BCUT2D eigenvalue weighted by Gasteiger charge is 2.18. The third-order valence-corrected chi connectivity index (χ3v) is 2.02. The number of carbonyl (C=O) groups is 1. The van der Waals surface area contributed by atoms with Gasteiger partial charge in [0.25, 0.3) is 0 Å². The molecule has 0 fully saturated rings. The molecule has 0 aromatic heterocycles. The van der Waals surface area contributed by atoms with Crippen LogP contribution in [0.4, 0.5) is 0 Å². The molecule has 0 radical (unpaired) electrons. The van der Waals surface area contributed by atoms with Gasteiger partial charge in [-0.3, -0.25) is 4.79 Å². The van der Waals surface area contributed by atoms with Crippen molar-refractivity contribution in [3.63, 3.8) is 0 Å². The third kappa shape index (κ3) is 1.38. The summed E-state index contributed by atoms with van der Waals surface area (Å²) in [5.74, 6) is 0.605. The molecule has 10 heavy (non-hydrogen) atoms. The molecule has 0 spiro atoms. The van der Waals surface area contributed by atoms with Crippen LogP contribution in [0.3, 0.4) is 0 Å². The van der Waals surface area contributed by atoms with E-state index in [0.717, 1.165) is 6.42 Å². The first-order chi connectivity index (χ1) is 4.74. The second-order valence-corrected chi connectivity index (χ2v) is 2.78. The molecule has 0 aromatic rings. The molecular formula is C8H13NO. The fourth-order valence-electron chi connectivity index (χ4n) is 1.04. The highest BCUT2D eigenvalue weighted by Crippen LogP contribution is 2.11. The standard InChI is InChI=1S/C8H13NO/c1-3-6(2)7-4-5-8(10)9-7/h4-7H,3H2,1-2H3,(H,9,10)/t6?,7-/m1/s1. The topological polar surface area (TPSA) is 29.1 Å². The minimum atomic E-state index is 0.0466. The lowest BCUT2D eigenvalue weighted by atomic mass is 10.0. The van der Waals surface area contributed by atoms with Crippen LogP contribution in [-0.2, 0) is 4.79 Å². The maximum Gasteiger partial charge on any atom is 0.244 e. The van der Waals surface area contributed by atoms with Gasteiger partial charge >= 0.3 is 0 Å². The molecule has 1 unspecified atom stereocenters. The van der Waals surface area contributed by atoms with E-state index in [1.807, 2.05) is 6.08 Å². The van der Waals surface area contributed by atoms with Gasteiger partial charge in [0.1, 0.15) is 0 Å². The van der Waals surface area contributed by atoms with Crippen LogP contribution in [-0.4, -0.2) is 11.9 Å². The van der Waals surface area contributed by atoms with Gasteiger partial charge < -0.3 is 5.32 Å². The number of amides is 1. The first-order valence-electron chi connectivity index (χ1n) is 3.72. The largest absolute Gasteiger partial charge is 0.346 e. The van der Waals surface area contributed by atoms with E-state index in [-0.39, 0.29) is 11.9 Å². The zero-order valence-electron chi connectivity index (χ0n) is 6.42. The van der Waals surface area contributed by atoms with Crippen molar-refractivity contribution in [1.29, 1.82) is 0 Å². The summed E-state index contributed by atoms with van der Waals surface area (Å²) in [6, 6.07) is 0.275. The van der Waals surface area contributed by atoms with E-state index < -0.39 is 0 Å². The van der Waals surface area contributed by atoms with Crippen molar-refractivity contribution >= 4 is 5.91 Å². The van der Waals surface area contributed by atoms with Gasteiger partial charge in [-0.1, -0.05) is 26.3 Å². The van der Waals surface area contributed by atoms with E-state index in [0.29, 0.717) is 5.92 Å². The highest BCUT2D eigenvalue weighted by molar-refractivity contribution is 5.90. The summed E-state index contributed by atoms with van der Waals surface area (Å²) in [5.41, 5.74) is 0. The first-order valence-corrected chi connectivity index (χ1v) is 3.72. The van der Waals surface area contributed by atoms with E-state index in [1.54, 1.807) is 6.08 Å². The van der Waals surface area contributed by atoms with Crippen molar-refractivity contribution in [2.24, 2.45) is 5.92 Å². The van der Waals surface area contributed by atoms with Gasteiger partial charge in [-0.05, 0) is 5.92 Å². The monoisotopic (exact) mass is 139 g/mol. The van der Waals surface area contributed by atoms with Crippen LogP contribution in [0, 0.1) is 5.92 Å². The van der Waals surface area contributed by atoms with Crippen molar-refractivity contribution in [2.45, 2.75) is 26.3 Å². The van der Waals surface area contributed by atoms with E-state index in [9.17, 15) is 4.79 Å². The molecule has 1 aliphatic rings. The lowest BCUT2D eigenvalue weighted by Crippen LogP contribution is -2.31. The third-order valence-electron chi connectivity index (χ3n) is 2.02. The molecule has 2 atom stereocenters. The average Bonchev–Trinajstić information content (AvgIpc) is 2.34. The molecule has 2 heteroatoms. The summed E-state index contributed by atoms with van der Waals surface area (Å²) in [6.07, 6.45) is 4.66. The average molecular weight is 139 g/mol. The molecule has 1 aliphatic heterocycles. The van der Waals surface area contributed by atoms with Crippen LogP contribution in [0.1, 0.15) is 20.3 Å². The normalized spacial score (nSPS) is 26.6. The summed E-state index contributed by atoms with van der Waals surface area (Å²) in [4.78, 5) is 10.7. The van der Waals surface area contributed by atoms with Crippen molar-refractivity contribution in [3.05, 3.63) is 12.2 Å². The molecule has 1 heterocycles. The Kier molecular flexibility index (Phi) is 2.10. The Hall–Kier alpha value is -0.790. The molecule has 0 bridgehead atoms. The molecule has 0 saturated carbocycles. The Bertz CT molecular complexity index is 163. The van der Waals surface area contributed by atoms with Gasteiger partial charge in [-0.15, -0.1) is 0 Å². The van der Waals surface area contributed by atoms with Crippen LogP contribution in [0.5, 0.6) is 0 Å². The molecular weight excluding hydrogens is 126 g/mol. The molecule has 0 aromatic carbocycles. The van der Waals surface area contributed by atoms with Gasteiger partial charge in [0.05, 0.1) is 6.04 Å². The zero-order chi connectivity index (χ0) is 7.56. The maximum atomic E-state index is 10.7. The molecule has 1 amide bonds. The van der Waals surface area contributed by atoms with Gasteiger partial charge in [0.15, 0.2) is 0 Å². The lowest BCUT2D eigenvalue weighted by molar-refractivity contribution is -0.116. The molecule has 2 nitrogen and oxygen atoms in total. The van der Waals surface area contributed by atoms with E-state index in [4.69, 9.17) is 0 Å². The molecule has 1 rings (SSSR count). The first kappa shape index (κ1) is 7.32. The molecule has 1 N–H and O–H groups in total. The van der Waals surface area contributed by atoms with E-state index >= 15 is 0 Å². The van der Waals surface area contributed by atoms with E-state index in [1.165, 1.54) is 0 Å². The summed E-state index contributed by atoms with van der Waals surface area (Å²) in [5, 5.41) is 2.85. The van der Waals surface area contributed by atoms with Crippen molar-refractivity contribution in [1.82, 2.24) is 5.32 Å². The summed E-state index contributed by atoms with van der Waals surface area (Å²) in [7, 11) is 0. The Labute approximate surface area is 61.3 Å². The minimum Gasteiger partial charge on any atom is -0.346 e. The Morgan fingerprint density at radius 2 is 2.50 bits per heavy atom. The van der Waals surface area contributed by atoms with Crippen LogP contribution < -0.4 is 5.32 Å². The fraction of sp³-hybridized carbons (Fsp3) is 0.625. The second-order valence-electron chi connectivity index (χ2n) is 2.78. The predicted octanol–water partition coefficient (Wildman–Crippen LogP) is 1.09. The van der Waals surface area contributed by atoms with Crippen LogP contribution in [0.15, 0.2) is 12.2 Å². The quantitative estimate of drug-likeness (QED) is 0.609. The number of rotatable bonds is 2. The van der Waals surface area contributed by atoms with E-state index in [2.05, 4.69) is 19.2 Å². The van der Waals surface area contributed by atoms with Gasteiger partial charge in [-0.25, -0.2) is 0 Å². The predicted molar refractivity (Wildman–Crippen MR) is 40.5 cm³/mol. The summed E-state index contributed by atoms with van der Waals surface area (Å²) in [6.45, 7) is 4.27. The molecule has 56 valence electrons. The van der Waals surface area contributed by atoms with Gasteiger partial charge in [0.2, 0.25) is 5.91 Å². The van der Waals surface area contributed by atoms with Gasteiger partial charge in [0, 0.05) is 6.08 Å². The molecule has 0 aliphatic carbocycles. The van der Waals surface area contributed by atoms with Crippen LogP contribution >= 0.6 is 0 Å². The fourth-order valence-corrected chi connectivity index (χ4v) is 1.04. The Morgan fingerprint density at radius 1 is 1.80 bits per heavy atom. The Balaban J connectivity index is 2.46. The second kappa shape index (κ2) is 2.86. The summed E-state index contributed by atoms with van der Waals surface area (Å²) >= 11 is 0. The number of hydrogen-bond acceptors (Lipinski definition) is 1. The number of carbonyl (C=O) groups excluding carboxylic acids is 1. The maximum absolute atomic E-state index is 10.7. The van der Waals surface area contributed by atoms with Crippen molar-refractivity contribution < 1.29 is 4.79 Å². The smallest absolute Gasteiger partial charge is 0.244 e. The number of hydrogen-bond donors (Lipinski definition) is 1. The Morgan fingerprint density at radius 3 is 2.90 bits per heavy atom.